The number of nitrogens with zero attached hydrogens (tertiary/aromatic N) is 2. The van der Waals surface area contributed by atoms with Crippen LogP contribution in [0.4, 0.5) is 5.95 Å². The van der Waals surface area contributed by atoms with Gasteiger partial charge in [0.05, 0.1) is 22.4 Å². The summed E-state index contributed by atoms with van der Waals surface area (Å²) in [5, 5.41) is 4.80. The van der Waals surface area contributed by atoms with Crippen molar-refractivity contribution >= 4 is 35.4 Å². The monoisotopic (exact) mass is 354 g/mol. The van der Waals surface area contributed by atoms with Crippen LogP contribution < -0.4 is 15.7 Å². The molecular weight excluding hydrogens is 339 g/mol. The summed E-state index contributed by atoms with van der Waals surface area (Å²) in [6.07, 6.45) is 1.48. The number of rotatable bonds is 5. The Morgan fingerprint density at radius 3 is 2.52 bits per heavy atom. The maximum Gasteiger partial charge on any atom is 0.252 e. The fourth-order valence-corrected chi connectivity index (χ4v) is 2.40. The molecule has 6 nitrogen and oxygen atoms in total. The van der Waals surface area contributed by atoms with Crippen LogP contribution in [0.1, 0.15) is 25.1 Å². The van der Waals surface area contributed by atoms with E-state index in [9.17, 15) is 4.79 Å². The lowest BCUT2D eigenvalue weighted by atomic mass is 10.2. The number of halogens is 2. The van der Waals surface area contributed by atoms with Gasteiger partial charge in [-0.3, -0.25) is 9.78 Å². The second-order valence-corrected chi connectivity index (χ2v) is 5.90. The average Bonchev–Trinajstić information content (AvgIpc) is 2.41. The second kappa shape index (κ2) is 7.48. The van der Waals surface area contributed by atoms with Crippen molar-refractivity contribution in [1.82, 2.24) is 9.97 Å². The zero-order valence-corrected chi connectivity index (χ0v) is 14.4. The number of nitrogens with one attached hydrogen (secondary N) is 2. The van der Waals surface area contributed by atoms with E-state index in [4.69, 9.17) is 27.9 Å². The lowest BCUT2D eigenvalue weighted by molar-refractivity contribution is 0.243. The van der Waals surface area contributed by atoms with E-state index in [0.717, 1.165) is 0 Å². The highest BCUT2D eigenvalue weighted by atomic mass is 35.5. The van der Waals surface area contributed by atoms with Crippen LogP contribution in [0.5, 0.6) is 5.75 Å². The number of H-pyrrole nitrogens is 1. The second-order valence-electron chi connectivity index (χ2n) is 5.09. The molecule has 2 rings (SSSR count). The molecule has 0 unspecified atom stereocenters. The van der Waals surface area contributed by atoms with Gasteiger partial charge >= 0.3 is 0 Å². The molecule has 122 valence electrons. The highest BCUT2D eigenvalue weighted by Crippen LogP contribution is 2.34. The summed E-state index contributed by atoms with van der Waals surface area (Å²) in [6, 6.07) is 4.76. The molecule has 0 aliphatic rings. The smallest absolute Gasteiger partial charge is 0.252 e. The number of anilines is 1. The molecule has 0 radical (unpaired) electrons. The van der Waals surface area contributed by atoms with Gasteiger partial charge in [0, 0.05) is 11.8 Å². The maximum atomic E-state index is 11.3. The first-order valence-corrected chi connectivity index (χ1v) is 7.63. The summed E-state index contributed by atoms with van der Waals surface area (Å²) in [5.41, 5.74) is 3.66. The predicted molar refractivity (Wildman–Crippen MR) is 93.0 cm³/mol. The molecule has 0 amide bonds. The number of hydrogen-bond donors (Lipinski definition) is 2. The van der Waals surface area contributed by atoms with Crippen molar-refractivity contribution in [3.63, 3.8) is 0 Å². The molecule has 8 heteroatoms. The molecule has 1 heterocycles. The highest BCUT2D eigenvalue weighted by Gasteiger charge is 2.10. The van der Waals surface area contributed by atoms with Crippen molar-refractivity contribution in [3.8, 4) is 5.75 Å². The quantitative estimate of drug-likeness (QED) is 0.634. The summed E-state index contributed by atoms with van der Waals surface area (Å²) in [4.78, 5) is 17.9. The van der Waals surface area contributed by atoms with Crippen LogP contribution in [0.3, 0.4) is 0 Å². The molecule has 2 N–H and O–H groups in total. The first-order valence-electron chi connectivity index (χ1n) is 6.88. The summed E-state index contributed by atoms with van der Waals surface area (Å²) < 4.78 is 5.56. The Bertz CT molecular complexity index is 764. The van der Waals surface area contributed by atoms with Gasteiger partial charge in [-0.05, 0) is 38.5 Å². The topological polar surface area (TPSA) is 79.4 Å². The number of aromatic nitrogens is 2. The van der Waals surface area contributed by atoms with Crippen LogP contribution in [-0.4, -0.2) is 22.3 Å². The molecule has 0 aliphatic heterocycles. The summed E-state index contributed by atoms with van der Waals surface area (Å²) >= 11 is 12.3. The zero-order valence-electron chi connectivity index (χ0n) is 12.9. The van der Waals surface area contributed by atoms with Gasteiger partial charge in [-0.25, -0.2) is 10.4 Å². The van der Waals surface area contributed by atoms with Crippen LogP contribution in [0.25, 0.3) is 0 Å². The number of aryl methyl sites for hydroxylation is 1. The Morgan fingerprint density at radius 1 is 1.30 bits per heavy atom. The normalized spacial score (nSPS) is 11.2. The average molecular weight is 355 g/mol. The third-order valence-electron chi connectivity index (χ3n) is 2.63. The number of hydrogen-bond acceptors (Lipinski definition) is 5. The van der Waals surface area contributed by atoms with Crippen molar-refractivity contribution in [3.05, 3.63) is 49.9 Å². The summed E-state index contributed by atoms with van der Waals surface area (Å²) in [5.74, 6) is 0.696. The van der Waals surface area contributed by atoms with Crippen LogP contribution >= 0.6 is 23.2 Å². The highest BCUT2D eigenvalue weighted by molar-refractivity contribution is 6.37. The van der Waals surface area contributed by atoms with E-state index in [1.54, 1.807) is 19.1 Å². The van der Waals surface area contributed by atoms with Crippen molar-refractivity contribution in [2.45, 2.75) is 26.9 Å². The van der Waals surface area contributed by atoms with Gasteiger partial charge in [0.15, 0.2) is 5.75 Å². The molecule has 23 heavy (non-hydrogen) atoms. The molecule has 0 bridgehead atoms. The van der Waals surface area contributed by atoms with Gasteiger partial charge in [0.25, 0.3) is 5.56 Å². The summed E-state index contributed by atoms with van der Waals surface area (Å²) in [7, 11) is 0. The molecule has 1 aromatic carbocycles. The molecule has 0 fully saturated rings. The number of aromatic amines is 1. The first kappa shape index (κ1) is 17.3. The first-order chi connectivity index (χ1) is 10.8. The van der Waals surface area contributed by atoms with Gasteiger partial charge in [-0.15, -0.1) is 0 Å². The Balaban J connectivity index is 2.15. The minimum absolute atomic E-state index is 0.0320. The molecule has 0 aliphatic carbocycles. The molecule has 0 saturated heterocycles. The molecule has 1 aromatic heterocycles. The van der Waals surface area contributed by atoms with E-state index in [1.165, 1.54) is 12.3 Å². The van der Waals surface area contributed by atoms with Crippen LogP contribution in [0.15, 0.2) is 28.1 Å². The van der Waals surface area contributed by atoms with Crippen LogP contribution in [0, 0.1) is 6.92 Å². The fourth-order valence-electron chi connectivity index (χ4n) is 1.80. The third-order valence-corrected chi connectivity index (χ3v) is 3.19. The van der Waals surface area contributed by atoms with Gasteiger partial charge < -0.3 is 4.74 Å². The third kappa shape index (κ3) is 4.97. The fraction of sp³-hybridized carbons (Fsp3) is 0.267. The van der Waals surface area contributed by atoms with E-state index >= 15 is 0 Å². The van der Waals surface area contributed by atoms with Gasteiger partial charge in [-0.2, -0.15) is 5.10 Å². The standard InChI is InChI=1S/C15H16Cl2N4O2/c1-8(2)23-14-11(16)5-10(6-12(14)17)7-18-21-15-19-9(3)4-13(22)20-15/h4-8H,1-3H3,(H2,19,20,21,22)/b18-7-. The largest absolute Gasteiger partial charge is 0.488 e. The van der Waals surface area contributed by atoms with E-state index in [2.05, 4.69) is 20.5 Å². The van der Waals surface area contributed by atoms with E-state index in [-0.39, 0.29) is 17.6 Å². The van der Waals surface area contributed by atoms with E-state index < -0.39 is 0 Å². The predicted octanol–water partition coefficient (Wildman–Crippen LogP) is 3.62. The van der Waals surface area contributed by atoms with Crippen molar-refractivity contribution in [2.75, 3.05) is 5.43 Å². The maximum absolute atomic E-state index is 11.3. The molecule has 0 saturated carbocycles. The molecule has 0 atom stereocenters. The van der Waals surface area contributed by atoms with Gasteiger partial charge in [-0.1, -0.05) is 23.2 Å². The minimum Gasteiger partial charge on any atom is -0.488 e. The Morgan fingerprint density at radius 2 is 1.96 bits per heavy atom. The van der Waals surface area contributed by atoms with Crippen molar-refractivity contribution in [1.29, 1.82) is 0 Å². The van der Waals surface area contributed by atoms with Gasteiger partial charge in [0.1, 0.15) is 0 Å². The lowest BCUT2D eigenvalue weighted by Crippen LogP contribution is -2.10. The van der Waals surface area contributed by atoms with Gasteiger partial charge in [0.2, 0.25) is 5.95 Å². The number of hydrazone groups is 1. The molecule has 0 spiro atoms. The lowest BCUT2D eigenvalue weighted by Gasteiger charge is -2.13. The van der Waals surface area contributed by atoms with Crippen LogP contribution in [0.2, 0.25) is 10.0 Å². The summed E-state index contributed by atoms with van der Waals surface area (Å²) in [6.45, 7) is 5.50. The Kier molecular flexibility index (Phi) is 5.63. The van der Waals surface area contributed by atoms with E-state index in [1.807, 2.05) is 13.8 Å². The van der Waals surface area contributed by atoms with E-state index in [0.29, 0.717) is 27.1 Å². The number of benzene rings is 1. The van der Waals surface area contributed by atoms with Crippen molar-refractivity contribution in [2.24, 2.45) is 5.10 Å². The zero-order chi connectivity index (χ0) is 17.0. The minimum atomic E-state index is -0.253. The Labute approximate surface area is 143 Å². The molecule has 2 aromatic rings. The Hall–Kier alpha value is -2.05. The number of ether oxygens (including phenoxy) is 1. The molecular formula is C15H16Cl2N4O2. The van der Waals surface area contributed by atoms with Crippen molar-refractivity contribution < 1.29 is 4.74 Å². The van der Waals surface area contributed by atoms with Crippen LogP contribution in [-0.2, 0) is 0 Å². The SMILES string of the molecule is Cc1cc(=O)[nH]c(N/N=C\c2cc(Cl)c(OC(C)C)c(Cl)c2)n1.